The van der Waals surface area contributed by atoms with Gasteiger partial charge in [-0.1, -0.05) is 142 Å². The van der Waals surface area contributed by atoms with E-state index in [-0.39, 0.29) is 31.5 Å². The standard InChI is InChI=1S/C54H83N3O16P2/c1-3-5-7-9-11-13-15-17-18-19-20-21-22-24-26-28-30-32-34-38-49(59)68-42-46(71-50(60)39-35-37-45(58)36-33-31-29-27-25-23-16-14-12-10-8-6-4-2)43-69-74(64,65)73-75(66,67)70-44-47-51(61)52(62)53(72-47)57-41-40-48(55)56-54(57)63/h5,7,11-14,17-18,20-21,23-26,29,31,33,36,40-41,45-47,51-53,58,61-62H,3-4,6,8-10,15-16,19,22,27-28,30,32,34-35,37-39,42-44H2,1-2H3,(H,64,65)(H,66,67)(H2,55,56,63)/b7-5-,13-11-,14-12-,18-17-,21-20-,25-23-,26-24-,31-29-,36-33+/t45-,46+,47+,51+,52+,53+/m0/s1. The number of phosphoric acid groups is 2. The summed E-state index contributed by atoms with van der Waals surface area (Å²) in [7, 11) is -11.0. The van der Waals surface area contributed by atoms with E-state index in [9.17, 15) is 48.6 Å². The van der Waals surface area contributed by atoms with E-state index in [0.717, 1.165) is 81.4 Å². The first-order chi connectivity index (χ1) is 36.1. The Bertz CT molecular complexity index is 2200. The van der Waals surface area contributed by atoms with E-state index in [2.05, 4.69) is 108 Å². The van der Waals surface area contributed by atoms with Gasteiger partial charge in [-0.3, -0.25) is 23.2 Å². The summed E-state index contributed by atoms with van der Waals surface area (Å²) in [4.78, 5) is 62.0. The summed E-state index contributed by atoms with van der Waals surface area (Å²) in [5.74, 6) is -1.56. The molecule has 0 amide bonds. The van der Waals surface area contributed by atoms with Crippen molar-refractivity contribution in [2.24, 2.45) is 0 Å². The number of nitrogens with two attached hydrogens (primary N) is 1. The number of nitrogen functional groups attached to an aromatic ring is 1. The number of ether oxygens (including phenoxy) is 3. The highest BCUT2D eigenvalue weighted by molar-refractivity contribution is 7.61. The van der Waals surface area contributed by atoms with Gasteiger partial charge in [-0.25, -0.2) is 13.9 Å². The van der Waals surface area contributed by atoms with Gasteiger partial charge in [-0.05, 0) is 96.0 Å². The molecular weight excluding hydrogens is 1010 g/mol. The molecule has 1 fully saturated rings. The molecule has 19 nitrogen and oxygen atoms in total. The maximum Gasteiger partial charge on any atom is 0.481 e. The minimum Gasteiger partial charge on any atom is -0.462 e. The van der Waals surface area contributed by atoms with Crippen LogP contribution in [0.4, 0.5) is 5.82 Å². The fraction of sp³-hybridized carbons (Fsp3) is 0.556. The molecule has 21 heteroatoms. The van der Waals surface area contributed by atoms with Gasteiger partial charge in [0.25, 0.3) is 0 Å². The van der Waals surface area contributed by atoms with Crippen LogP contribution in [0.15, 0.2) is 126 Å². The second-order valence-corrected chi connectivity index (χ2v) is 20.5. The van der Waals surface area contributed by atoms with Crippen LogP contribution in [0.3, 0.4) is 0 Å². The average Bonchev–Trinajstić information content (AvgIpc) is 3.64. The van der Waals surface area contributed by atoms with Crippen LogP contribution in [-0.2, 0) is 46.3 Å². The predicted octanol–water partition coefficient (Wildman–Crippen LogP) is 9.97. The van der Waals surface area contributed by atoms with Gasteiger partial charge in [0.15, 0.2) is 12.3 Å². The van der Waals surface area contributed by atoms with E-state index < -0.39 is 89.8 Å². The quantitative estimate of drug-likeness (QED) is 0.0117. The van der Waals surface area contributed by atoms with Gasteiger partial charge < -0.3 is 45.1 Å². The summed E-state index contributed by atoms with van der Waals surface area (Å²) in [6.07, 6.45) is 43.3. The molecule has 7 N–H and O–H groups in total. The lowest BCUT2D eigenvalue weighted by Crippen LogP contribution is -2.36. The fourth-order valence-corrected chi connectivity index (χ4v) is 9.02. The number of rotatable bonds is 41. The molecule has 0 aliphatic carbocycles. The average molecular weight is 1090 g/mol. The number of unbranched alkanes of at least 4 members (excludes halogenated alkanes) is 6. The predicted molar refractivity (Wildman–Crippen MR) is 290 cm³/mol. The van der Waals surface area contributed by atoms with Crippen LogP contribution in [0.1, 0.15) is 142 Å². The summed E-state index contributed by atoms with van der Waals surface area (Å²) in [6.45, 7) is 1.78. The highest BCUT2D eigenvalue weighted by Crippen LogP contribution is 2.60. The number of hydrogen-bond acceptors (Lipinski definition) is 16. The number of anilines is 1. The molecule has 1 aliphatic rings. The van der Waals surface area contributed by atoms with Gasteiger partial charge in [0.1, 0.15) is 30.7 Å². The number of allylic oxidation sites excluding steroid dienone is 17. The second kappa shape index (κ2) is 40.6. The minimum absolute atomic E-state index is 0.0404. The smallest absolute Gasteiger partial charge is 0.462 e. The first kappa shape index (κ1) is 66.5. The third-order valence-corrected chi connectivity index (χ3v) is 13.5. The molecule has 0 spiro atoms. The van der Waals surface area contributed by atoms with Gasteiger partial charge >= 0.3 is 33.3 Å². The highest BCUT2D eigenvalue weighted by Gasteiger charge is 2.46. The van der Waals surface area contributed by atoms with Crippen molar-refractivity contribution in [2.45, 2.75) is 173 Å². The first-order valence-corrected chi connectivity index (χ1v) is 29.0. The summed E-state index contributed by atoms with van der Waals surface area (Å²) < 4.78 is 56.6. The van der Waals surface area contributed by atoms with E-state index in [4.69, 9.17) is 29.0 Å². The second-order valence-electron chi connectivity index (χ2n) is 17.5. The molecule has 0 bridgehead atoms. The maximum absolute atomic E-state index is 12.9. The largest absolute Gasteiger partial charge is 0.481 e. The molecule has 0 radical (unpaired) electrons. The molecule has 1 aromatic heterocycles. The van der Waals surface area contributed by atoms with Crippen LogP contribution < -0.4 is 11.4 Å². The number of aliphatic hydroxyl groups excluding tert-OH is 3. The molecule has 75 heavy (non-hydrogen) atoms. The van der Waals surface area contributed by atoms with Crippen molar-refractivity contribution in [3.8, 4) is 0 Å². The molecule has 2 heterocycles. The Hall–Kier alpha value is -4.62. The molecular formula is C54H83N3O16P2. The van der Waals surface area contributed by atoms with Crippen molar-refractivity contribution < 1.29 is 71.4 Å². The maximum atomic E-state index is 12.9. The van der Waals surface area contributed by atoms with Gasteiger partial charge in [-0.2, -0.15) is 9.29 Å². The molecule has 8 atom stereocenters. The Morgan fingerprint density at radius 3 is 1.88 bits per heavy atom. The zero-order chi connectivity index (χ0) is 55.0. The minimum atomic E-state index is -5.49. The van der Waals surface area contributed by atoms with Gasteiger partial charge in [-0.15, -0.1) is 0 Å². The Morgan fingerprint density at radius 1 is 0.720 bits per heavy atom. The van der Waals surface area contributed by atoms with Crippen molar-refractivity contribution in [3.05, 3.63) is 132 Å². The van der Waals surface area contributed by atoms with E-state index in [0.29, 0.717) is 6.42 Å². The molecule has 1 saturated heterocycles. The zero-order valence-electron chi connectivity index (χ0n) is 43.7. The van der Waals surface area contributed by atoms with Crippen molar-refractivity contribution in [1.29, 1.82) is 0 Å². The van der Waals surface area contributed by atoms with E-state index in [1.165, 1.54) is 25.3 Å². The third-order valence-electron chi connectivity index (χ3n) is 10.9. The number of esters is 2. The lowest BCUT2D eigenvalue weighted by atomic mass is 10.1. The van der Waals surface area contributed by atoms with Crippen LogP contribution >= 0.6 is 15.6 Å². The Balaban J connectivity index is 1.87. The molecule has 0 aromatic carbocycles. The first-order valence-electron chi connectivity index (χ1n) is 26.0. The topological polar surface area (TPSA) is 286 Å². The SMILES string of the molecule is CC/C=C\C/C=C\C/C=C\C/C=C\C/C=C\CCCCCC(=O)OC[C@H](COP(=O)(O)OP(=O)(O)OC[C@H]1O[C@@H](n2ccc(N)nc2=O)[C@H](O)[C@@H]1O)OC(=O)CCC[C@@H](O)/C=C/C=C\C/C=C\C/C=C\CCCCC. The third kappa shape index (κ3) is 33.2. The van der Waals surface area contributed by atoms with Gasteiger partial charge in [0.2, 0.25) is 0 Å². The fourth-order valence-electron chi connectivity index (χ4n) is 6.91. The van der Waals surface area contributed by atoms with Gasteiger partial charge in [0.05, 0.1) is 19.3 Å². The van der Waals surface area contributed by atoms with E-state index in [1.54, 1.807) is 12.2 Å². The van der Waals surface area contributed by atoms with Crippen LogP contribution in [0, 0.1) is 0 Å². The molecule has 420 valence electrons. The van der Waals surface area contributed by atoms with Crippen LogP contribution in [0.25, 0.3) is 0 Å². The number of aromatic nitrogens is 2. The number of nitrogens with zero attached hydrogens (tertiary/aromatic N) is 2. The number of carbonyl (C=O) groups excluding carboxylic acids is 2. The molecule has 0 saturated carbocycles. The summed E-state index contributed by atoms with van der Waals surface area (Å²) in [6, 6.07) is 1.23. The lowest BCUT2D eigenvalue weighted by molar-refractivity contribution is -0.161. The molecule has 1 aromatic rings. The molecule has 1 aliphatic heterocycles. The van der Waals surface area contributed by atoms with Crippen molar-refractivity contribution in [3.63, 3.8) is 0 Å². The Kier molecular flexibility index (Phi) is 36.0. The number of hydrogen-bond donors (Lipinski definition) is 6. The van der Waals surface area contributed by atoms with Crippen molar-refractivity contribution in [2.75, 3.05) is 25.6 Å². The Labute approximate surface area is 443 Å². The number of aliphatic hydroxyl groups is 3. The number of carbonyl (C=O) groups is 2. The van der Waals surface area contributed by atoms with Crippen molar-refractivity contribution >= 4 is 33.4 Å². The van der Waals surface area contributed by atoms with Crippen LogP contribution in [0.2, 0.25) is 0 Å². The molecule has 2 unspecified atom stereocenters. The highest BCUT2D eigenvalue weighted by atomic mass is 31.3. The monoisotopic (exact) mass is 1090 g/mol. The Morgan fingerprint density at radius 2 is 1.28 bits per heavy atom. The lowest BCUT2D eigenvalue weighted by Gasteiger charge is -2.21. The van der Waals surface area contributed by atoms with Gasteiger partial charge in [0, 0.05) is 19.0 Å². The van der Waals surface area contributed by atoms with E-state index >= 15 is 0 Å². The van der Waals surface area contributed by atoms with Crippen molar-refractivity contribution in [1.82, 2.24) is 9.55 Å². The summed E-state index contributed by atoms with van der Waals surface area (Å²) in [5, 5.41) is 31.3. The number of phosphoric ester groups is 2. The summed E-state index contributed by atoms with van der Waals surface area (Å²) in [5.41, 5.74) is 4.57. The zero-order valence-corrected chi connectivity index (χ0v) is 45.4. The molecule has 2 rings (SSSR count). The van der Waals surface area contributed by atoms with Crippen LogP contribution in [-0.4, -0.2) is 96.9 Å². The summed E-state index contributed by atoms with van der Waals surface area (Å²) >= 11 is 0. The van der Waals surface area contributed by atoms with Crippen LogP contribution in [0.5, 0.6) is 0 Å². The van der Waals surface area contributed by atoms with E-state index in [1.807, 2.05) is 12.2 Å². The normalized spacial score (nSPS) is 20.1.